The Hall–Kier alpha value is -3.42. The molecule has 4 aromatic rings. The zero-order valence-corrected chi connectivity index (χ0v) is 18.4. The number of pyridine rings is 2. The Labute approximate surface area is 186 Å². The SMILES string of the molecule is Cc1cccc(-c2ccc(-c3cc4cnc(C)nc4n(CC[C@H](O)CO)c3=O)c(C)c2)n1. The van der Waals surface area contributed by atoms with Crippen LogP contribution in [0.15, 0.2) is 53.5 Å². The van der Waals surface area contributed by atoms with Gasteiger partial charge in [0.2, 0.25) is 0 Å². The Bertz CT molecular complexity index is 1350. The monoisotopic (exact) mass is 430 g/mol. The van der Waals surface area contributed by atoms with Crippen LogP contribution in [0, 0.1) is 20.8 Å². The molecule has 0 aliphatic rings. The van der Waals surface area contributed by atoms with Crippen molar-refractivity contribution in [3.05, 3.63) is 76.1 Å². The van der Waals surface area contributed by atoms with Crippen molar-refractivity contribution in [2.45, 2.75) is 39.8 Å². The second-order valence-corrected chi connectivity index (χ2v) is 8.03. The highest BCUT2D eigenvalue weighted by Gasteiger charge is 2.16. The fraction of sp³-hybridized carbons (Fsp3) is 0.280. The van der Waals surface area contributed by atoms with E-state index in [1.54, 1.807) is 17.7 Å². The molecule has 0 fully saturated rings. The lowest BCUT2D eigenvalue weighted by Gasteiger charge is -2.15. The van der Waals surface area contributed by atoms with Gasteiger partial charge < -0.3 is 10.2 Å². The van der Waals surface area contributed by atoms with Gasteiger partial charge in [-0.05, 0) is 62.6 Å². The van der Waals surface area contributed by atoms with Crippen LogP contribution in [0.1, 0.15) is 23.5 Å². The predicted molar refractivity (Wildman–Crippen MR) is 124 cm³/mol. The van der Waals surface area contributed by atoms with Crippen LogP contribution >= 0.6 is 0 Å². The average Bonchev–Trinajstić information content (AvgIpc) is 2.78. The lowest BCUT2D eigenvalue weighted by molar-refractivity contribution is 0.0847. The molecule has 7 nitrogen and oxygen atoms in total. The number of fused-ring (bicyclic) bond motifs is 1. The summed E-state index contributed by atoms with van der Waals surface area (Å²) < 4.78 is 1.56. The number of rotatable bonds is 6. The highest BCUT2D eigenvalue weighted by molar-refractivity contribution is 5.82. The summed E-state index contributed by atoms with van der Waals surface area (Å²) >= 11 is 0. The number of aliphatic hydroxyl groups is 2. The highest BCUT2D eigenvalue weighted by atomic mass is 16.3. The number of hydrogen-bond acceptors (Lipinski definition) is 6. The van der Waals surface area contributed by atoms with E-state index in [0.717, 1.165) is 33.5 Å². The van der Waals surface area contributed by atoms with E-state index in [0.29, 0.717) is 17.0 Å². The number of aryl methyl sites for hydroxylation is 4. The van der Waals surface area contributed by atoms with Crippen LogP contribution in [0.2, 0.25) is 0 Å². The summed E-state index contributed by atoms with van der Waals surface area (Å²) in [4.78, 5) is 26.8. The van der Waals surface area contributed by atoms with E-state index in [-0.39, 0.29) is 25.1 Å². The summed E-state index contributed by atoms with van der Waals surface area (Å²) in [5, 5.41) is 19.7. The van der Waals surface area contributed by atoms with E-state index in [2.05, 4.69) is 15.0 Å². The van der Waals surface area contributed by atoms with Crippen molar-refractivity contribution in [3.63, 3.8) is 0 Å². The molecule has 0 unspecified atom stereocenters. The third-order valence-corrected chi connectivity index (χ3v) is 5.54. The minimum atomic E-state index is -0.897. The van der Waals surface area contributed by atoms with Crippen molar-refractivity contribution >= 4 is 11.0 Å². The molecule has 3 aromatic heterocycles. The normalized spacial score (nSPS) is 12.3. The van der Waals surface area contributed by atoms with Gasteiger partial charge in [0.05, 0.1) is 18.4 Å². The average molecular weight is 431 g/mol. The fourth-order valence-corrected chi connectivity index (χ4v) is 3.84. The largest absolute Gasteiger partial charge is 0.394 e. The van der Waals surface area contributed by atoms with Gasteiger partial charge in [-0.15, -0.1) is 0 Å². The lowest BCUT2D eigenvalue weighted by atomic mass is 9.97. The van der Waals surface area contributed by atoms with Crippen molar-refractivity contribution in [2.75, 3.05) is 6.61 Å². The molecular formula is C25H26N4O3. The summed E-state index contributed by atoms with van der Waals surface area (Å²) in [7, 11) is 0. The van der Waals surface area contributed by atoms with Gasteiger partial charge in [0.15, 0.2) is 0 Å². The molecule has 7 heteroatoms. The quantitative estimate of drug-likeness (QED) is 0.487. The smallest absolute Gasteiger partial charge is 0.260 e. The maximum absolute atomic E-state index is 13.5. The van der Waals surface area contributed by atoms with Gasteiger partial charge in [0.25, 0.3) is 5.56 Å². The molecule has 0 saturated heterocycles. The predicted octanol–water partition coefficient (Wildman–Crippen LogP) is 3.19. The first-order chi connectivity index (χ1) is 15.4. The molecule has 4 rings (SSSR count). The van der Waals surface area contributed by atoms with Crippen molar-refractivity contribution in [1.82, 2.24) is 19.5 Å². The first kappa shape index (κ1) is 21.8. The van der Waals surface area contributed by atoms with Crippen LogP contribution in [-0.4, -0.2) is 42.4 Å². The minimum absolute atomic E-state index is 0.190. The lowest BCUT2D eigenvalue weighted by Crippen LogP contribution is -2.26. The van der Waals surface area contributed by atoms with Crippen LogP contribution in [0.5, 0.6) is 0 Å². The Morgan fingerprint density at radius 2 is 1.84 bits per heavy atom. The van der Waals surface area contributed by atoms with E-state index in [9.17, 15) is 15.0 Å². The fourth-order valence-electron chi connectivity index (χ4n) is 3.84. The highest BCUT2D eigenvalue weighted by Crippen LogP contribution is 2.28. The van der Waals surface area contributed by atoms with Crippen molar-refractivity contribution < 1.29 is 10.2 Å². The third kappa shape index (κ3) is 4.30. The Morgan fingerprint density at radius 1 is 1.03 bits per heavy atom. The molecule has 0 aliphatic heterocycles. The van der Waals surface area contributed by atoms with Gasteiger partial charge in [0.1, 0.15) is 11.5 Å². The van der Waals surface area contributed by atoms with Crippen molar-refractivity contribution in [1.29, 1.82) is 0 Å². The molecule has 164 valence electrons. The van der Waals surface area contributed by atoms with E-state index >= 15 is 0 Å². The van der Waals surface area contributed by atoms with Crippen molar-refractivity contribution in [3.8, 4) is 22.4 Å². The standard InChI is InChI=1S/C25H26N4O3/c1-15-11-18(23-6-4-5-16(2)27-23)7-8-21(15)22-12-19-13-26-17(3)28-24(19)29(25(22)32)10-9-20(31)14-30/h4-8,11-13,20,30-31H,9-10,14H2,1-3H3/t20-/m0/s1. The molecule has 32 heavy (non-hydrogen) atoms. The number of nitrogens with zero attached hydrogens (tertiary/aromatic N) is 4. The van der Waals surface area contributed by atoms with Gasteiger partial charge in [-0.3, -0.25) is 14.3 Å². The molecule has 3 heterocycles. The van der Waals surface area contributed by atoms with Gasteiger partial charge in [-0.2, -0.15) is 0 Å². The summed E-state index contributed by atoms with van der Waals surface area (Å²) in [6.45, 7) is 5.59. The van der Waals surface area contributed by atoms with Crippen LogP contribution in [-0.2, 0) is 6.54 Å². The van der Waals surface area contributed by atoms with E-state index in [4.69, 9.17) is 0 Å². The first-order valence-corrected chi connectivity index (χ1v) is 10.6. The Morgan fingerprint density at radius 3 is 2.56 bits per heavy atom. The summed E-state index contributed by atoms with van der Waals surface area (Å²) in [6.07, 6.45) is 1.06. The number of aliphatic hydroxyl groups excluding tert-OH is 2. The van der Waals surface area contributed by atoms with Gasteiger partial charge in [0, 0.05) is 34.9 Å². The maximum Gasteiger partial charge on any atom is 0.260 e. The van der Waals surface area contributed by atoms with E-state index < -0.39 is 6.10 Å². The van der Waals surface area contributed by atoms with Crippen molar-refractivity contribution in [2.24, 2.45) is 0 Å². The second-order valence-electron chi connectivity index (χ2n) is 8.03. The summed E-state index contributed by atoms with van der Waals surface area (Å²) in [5.74, 6) is 0.562. The van der Waals surface area contributed by atoms with Crippen LogP contribution in [0.4, 0.5) is 0 Å². The molecule has 1 atom stereocenters. The van der Waals surface area contributed by atoms with Gasteiger partial charge >= 0.3 is 0 Å². The van der Waals surface area contributed by atoms with Gasteiger partial charge in [-0.25, -0.2) is 9.97 Å². The molecule has 0 saturated carbocycles. The molecule has 1 aromatic carbocycles. The summed E-state index contributed by atoms with van der Waals surface area (Å²) in [5.41, 5.74) is 5.48. The molecule has 0 aliphatic carbocycles. The molecule has 0 bridgehead atoms. The molecule has 0 amide bonds. The maximum atomic E-state index is 13.5. The zero-order chi connectivity index (χ0) is 22.8. The number of hydrogen-bond donors (Lipinski definition) is 2. The van der Waals surface area contributed by atoms with Crippen LogP contribution in [0.25, 0.3) is 33.4 Å². The van der Waals surface area contributed by atoms with E-state index in [1.165, 1.54) is 0 Å². The molecular weight excluding hydrogens is 404 g/mol. The Kier molecular flexibility index (Phi) is 6.12. The number of aromatic nitrogens is 4. The molecule has 0 radical (unpaired) electrons. The summed E-state index contributed by atoms with van der Waals surface area (Å²) in [6, 6.07) is 13.7. The topological polar surface area (TPSA) is 101 Å². The van der Waals surface area contributed by atoms with Crippen LogP contribution in [0.3, 0.4) is 0 Å². The third-order valence-electron chi connectivity index (χ3n) is 5.54. The van der Waals surface area contributed by atoms with Crippen LogP contribution < -0.4 is 5.56 Å². The Balaban J connectivity index is 1.84. The first-order valence-electron chi connectivity index (χ1n) is 10.6. The zero-order valence-electron chi connectivity index (χ0n) is 18.4. The second kappa shape index (κ2) is 8.98. The molecule has 0 spiro atoms. The molecule has 2 N–H and O–H groups in total. The number of benzene rings is 1. The van der Waals surface area contributed by atoms with E-state index in [1.807, 2.05) is 56.3 Å². The minimum Gasteiger partial charge on any atom is -0.394 e. The van der Waals surface area contributed by atoms with Gasteiger partial charge in [-0.1, -0.05) is 18.2 Å².